The number of phenols is 1. The summed E-state index contributed by atoms with van der Waals surface area (Å²) >= 11 is 0. The average Bonchev–Trinajstić information content (AvgIpc) is 3.70. The zero-order valence-electron chi connectivity index (χ0n) is 26.5. The van der Waals surface area contributed by atoms with Crippen LogP contribution in [0.4, 0.5) is 0 Å². The van der Waals surface area contributed by atoms with Crippen LogP contribution in [0.25, 0.3) is 0 Å². The molecule has 46 heavy (non-hydrogen) atoms. The van der Waals surface area contributed by atoms with Gasteiger partial charge in [-0.05, 0) is 69.1 Å². The van der Waals surface area contributed by atoms with Crippen LogP contribution in [0.3, 0.4) is 0 Å². The zero-order valence-corrected chi connectivity index (χ0v) is 26.5. The standard InChI is InChI=1S/C31H46N6O9/c1-17(2)14-22(31(45)46)34-28(42)25-7-4-12-36(25)29(43)18(3)33-27(41)24-6-5-13-37(24)30(44)23(16-38)35-26(40)21(32)15-19-8-10-20(39)11-9-19/h8-11,17-18,21-25,38-39H,4-7,12-16,32H2,1-3H3,(H,33,41)(H,34,42)(H,35,40)(H,45,46)/t18-,21-,22-,23-,24-,25-/m0/s1. The first-order valence-corrected chi connectivity index (χ1v) is 15.6. The summed E-state index contributed by atoms with van der Waals surface area (Å²) in [5, 5.41) is 36.5. The van der Waals surface area contributed by atoms with Gasteiger partial charge < -0.3 is 46.8 Å². The summed E-state index contributed by atoms with van der Waals surface area (Å²) in [5.74, 6) is -4.09. The van der Waals surface area contributed by atoms with Crippen LogP contribution in [0, 0.1) is 5.92 Å². The second kappa shape index (κ2) is 16.4. The molecule has 0 spiro atoms. The molecule has 0 radical (unpaired) electrons. The summed E-state index contributed by atoms with van der Waals surface area (Å²) in [7, 11) is 0. The van der Waals surface area contributed by atoms with E-state index in [-0.39, 0.29) is 37.6 Å². The average molecular weight is 647 g/mol. The van der Waals surface area contributed by atoms with Gasteiger partial charge >= 0.3 is 5.97 Å². The molecule has 1 aromatic rings. The van der Waals surface area contributed by atoms with Crippen LogP contribution < -0.4 is 21.7 Å². The van der Waals surface area contributed by atoms with Gasteiger partial charge in [0.25, 0.3) is 0 Å². The number of benzene rings is 1. The topological polar surface area (TPSA) is 232 Å². The molecule has 15 heteroatoms. The SMILES string of the molecule is CC(C)C[C@H](NC(=O)[C@@H]1CCCN1C(=O)[C@H](C)NC(=O)[C@@H]1CCCN1C(=O)[C@H](CO)NC(=O)[C@@H](N)Cc1ccc(O)cc1)C(=O)O. The fourth-order valence-corrected chi connectivity index (χ4v) is 5.83. The molecule has 2 aliphatic rings. The number of likely N-dealkylation sites (tertiary alicyclic amines) is 2. The Balaban J connectivity index is 1.58. The lowest BCUT2D eigenvalue weighted by molar-refractivity contribution is -0.145. The molecule has 0 aliphatic carbocycles. The van der Waals surface area contributed by atoms with E-state index in [1.54, 1.807) is 12.1 Å². The molecule has 2 heterocycles. The van der Waals surface area contributed by atoms with Crippen LogP contribution in [0.5, 0.6) is 5.75 Å². The molecular formula is C31H46N6O9. The van der Waals surface area contributed by atoms with E-state index in [0.29, 0.717) is 31.2 Å². The number of aliphatic carboxylic acids is 1. The Bertz CT molecular complexity index is 1270. The van der Waals surface area contributed by atoms with Gasteiger partial charge in [0.05, 0.1) is 12.6 Å². The molecule has 2 aliphatic heterocycles. The maximum absolute atomic E-state index is 13.3. The molecule has 5 amide bonds. The minimum atomic E-state index is -1.35. The second-order valence-electron chi connectivity index (χ2n) is 12.4. The molecule has 2 fully saturated rings. The number of nitrogens with two attached hydrogens (primary N) is 1. The predicted molar refractivity (Wildman–Crippen MR) is 165 cm³/mol. The molecule has 8 N–H and O–H groups in total. The highest BCUT2D eigenvalue weighted by molar-refractivity contribution is 5.96. The quantitative estimate of drug-likeness (QED) is 0.128. The number of carbonyl (C=O) groups is 6. The largest absolute Gasteiger partial charge is 0.508 e. The van der Waals surface area contributed by atoms with Gasteiger partial charge in [0, 0.05) is 13.1 Å². The molecule has 254 valence electrons. The van der Waals surface area contributed by atoms with E-state index in [1.807, 2.05) is 13.8 Å². The molecule has 15 nitrogen and oxygen atoms in total. The summed E-state index contributed by atoms with van der Waals surface area (Å²) in [6.07, 6.45) is 2.02. The monoisotopic (exact) mass is 646 g/mol. The number of carboxylic acid groups (broad SMARTS) is 1. The highest BCUT2D eigenvalue weighted by Crippen LogP contribution is 2.22. The lowest BCUT2D eigenvalue weighted by Gasteiger charge is -2.31. The fraction of sp³-hybridized carbons (Fsp3) is 0.613. The maximum atomic E-state index is 13.3. The Kier molecular flexibility index (Phi) is 12.9. The third kappa shape index (κ3) is 9.39. The lowest BCUT2D eigenvalue weighted by atomic mass is 10.0. The van der Waals surface area contributed by atoms with Crippen molar-refractivity contribution >= 4 is 35.5 Å². The second-order valence-corrected chi connectivity index (χ2v) is 12.4. The third-order valence-electron chi connectivity index (χ3n) is 8.25. The van der Waals surface area contributed by atoms with Crippen molar-refractivity contribution in [2.45, 2.75) is 95.5 Å². The first kappa shape index (κ1) is 36.2. The van der Waals surface area contributed by atoms with Crippen LogP contribution in [0.1, 0.15) is 58.4 Å². The number of aliphatic hydroxyl groups excluding tert-OH is 1. The number of nitrogens with one attached hydrogen (secondary N) is 3. The Labute approximate surface area is 267 Å². The maximum Gasteiger partial charge on any atom is 0.326 e. The van der Waals surface area contributed by atoms with Crippen molar-refractivity contribution in [1.82, 2.24) is 25.8 Å². The van der Waals surface area contributed by atoms with E-state index >= 15 is 0 Å². The van der Waals surface area contributed by atoms with Gasteiger partial charge in [0.1, 0.15) is 36.0 Å². The number of nitrogens with zero attached hydrogens (tertiary/aromatic N) is 2. The number of aromatic hydroxyl groups is 1. The molecule has 0 unspecified atom stereocenters. The number of carbonyl (C=O) groups excluding carboxylic acids is 5. The van der Waals surface area contributed by atoms with E-state index in [9.17, 15) is 44.1 Å². The smallest absolute Gasteiger partial charge is 0.326 e. The first-order valence-electron chi connectivity index (χ1n) is 15.6. The number of hydrogen-bond donors (Lipinski definition) is 7. The van der Waals surface area contributed by atoms with Gasteiger partial charge in [0.2, 0.25) is 29.5 Å². The van der Waals surface area contributed by atoms with Gasteiger partial charge in [-0.15, -0.1) is 0 Å². The number of aliphatic hydroxyl groups is 1. The minimum Gasteiger partial charge on any atom is -0.508 e. The first-order chi connectivity index (χ1) is 21.7. The van der Waals surface area contributed by atoms with Gasteiger partial charge in [-0.3, -0.25) is 24.0 Å². The predicted octanol–water partition coefficient (Wildman–Crippen LogP) is -1.16. The van der Waals surface area contributed by atoms with Crippen molar-refractivity contribution in [3.8, 4) is 5.75 Å². The van der Waals surface area contributed by atoms with Crippen LogP contribution in [0.15, 0.2) is 24.3 Å². The summed E-state index contributed by atoms with van der Waals surface area (Å²) in [6, 6.07) is -0.222. The summed E-state index contributed by atoms with van der Waals surface area (Å²) < 4.78 is 0. The summed E-state index contributed by atoms with van der Waals surface area (Å²) in [5.41, 5.74) is 6.69. The normalized spacial score (nSPS) is 20.5. The van der Waals surface area contributed by atoms with Crippen molar-refractivity contribution in [2.24, 2.45) is 11.7 Å². The van der Waals surface area contributed by atoms with Crippen LogP contribution in [-0.4, -0.2) is 117 Å². The lowest BCUT2D eigenvalue weighted by Crippen LogP contribution is -2.59. The van der Waals surface area contributed by atoms with E-state index < -0.39 is 78.4 Å². The number of carboxylic acids is 1. The highest BCUT2D eigenvalue weighted by atomic mass is 16.4. The van der Waals surface area contributed by atoms with E-state index in [4.69, 9.17) is 5.73 Å². The van der Waals surface area contributed by atoms with Gasteiger partial charge in [-0.1, -0.05) is 26.0 Å². The van der Waals surface area contributed by atoms with Crippen LogP contribution in [0.2, 0.25) is 0 Å². The number of rotatable bonds is 14. The fourth-order valence-electron chi connectivity index (χ4n) is 5.83. The van der Waals surface area contributed by atoms with Gasteiger partial charge in [-0.2, -0.15) is 0 Å². The Morgan fingerprint density at radius 3 is 1.91 bits per heavy atom. The Hall–Kier alpha value is -4.24. The van der Waals surface area contributed by atoms with Crippen molar-refractivity contribution in [3.63, 3.8) is 0 Å². The van der Waals surface area contributed by atoms with Crippen LogP contribution >= 0.6 is 0 Å². The third-order valence-corrected chi connectivity index (χ3v) is 8.25. The summed E-state index contributed by atoms with van der Waals surface area (Å²) in [6.45, 7) is 4.89. The molecule has 0 saturated carbocycles. The summed E-state index contributed by atoms with van der Waals surface area (Å²) in [4.78, 5) is 79.9. The highest BCUT2D eigenvalue weighted by Gasteiger charge is 2.41. The van der Waals surface area contributed by atoms with Crippen molar-refractivity contribution in [2.75, 3.05) is 19.7 Å². The van der Waals surface area contributed by atoms with Crippen LogP contribution in [-0.2, 0) is 35.2 Å². The number of phenolic OH excluding ortho intramolecular Hbond substituents is 1. The molecule has 0 bridgehead atoms. The van der Waals surface area contributed by atoms with Crippen molar-refractivity contribution < 1.29 is 44.1 Å². The Morgan fingerprint density at radius 1 is 0.848 bits per heavy atom. The van der Waals surface area contributed by atoms with E-state index in [2.05, 4.69) is 16.0 Å². The van der Waals surface area contributed by atoms with Crippen molar-refractivity contribution in [1.29, 1.82) is 0 Å². The molecule has 6 atom stereocenters. The molecule has 2 saturated heterocycles. The zero-order chi connectivity index (χ0) is 34.1. The van der Waals surface area contributed by atoms with Gasteiger partial charge in [-0.25, -0.2) is 4.79 Å². The Morgan fingerprint density at radius 2 is 1.39 bits per heavy atom. The number of amides is 5. The minimum absolute atomic E-state index is 0.0260. The van der Waals surface area contributed by atoms with E-state index in [0.717, 1.165) is 0 Å². The molecule has 3 rings (SSSR count). The van der Waals surface area contributed by atoms with E-state index in [1.165, 1.54) is 28.9 Å². The van der Waals surface area contributed by atoms with Crippen molar-refractivity contribution in [3.05, 3.63) is 29.8 Å². The molecule has 0 aromatic heterocycles. The molecular weight excluding hydrogens is 600 g/mol. The van der Waals surface area contributed by atoms with Gasteiger partial charge in [0.15, 0.2) is 0 Å². The number of hydrogen-bond acceptors (Lipinski definition) is 9. The molecule has 1 aromatic carbocycles.